The smallest absolute Gasteiger partial charge is 0.258 e. The highest BCUT2D eigenvalue weighted by Crippen LogP contribution is 2.60. The molecule has 0 aromatic heterocycles. The van der Waals surface area contributed by atoms with E-state index in [4.69, 9.17) is 0 Å². The Bertz CT molecular complexity index is 699. The van der Waals surface area contributed by atoms with E-state index in [2.05, 4.69) is 22.5 Å². The Hall–Kier alpha value is -2.24. The van der Waals surface area contributed by atoms with Crippen LogP contribution >= 0.6 is 0 Å². The molecule has 4 aliphatic rings. The average molecular weight is 296 g/mol. The molecule has 5 rings (SSSR count). The first kappa shape index (κ1) is 12.3. The summed E-state index contributed by atoms with van der Waals surface area (Å²) >= 11 is 0. The lowest BCUT2D eigenvalue weighted by molar-refractivity contribution is -0.384. The minimum Gasteiger partial charge on any atom is -0.258 e. The van der Waals surface area contributed by atoms with Gasteiger partial charge in [0.1, 0.15) is 0 Å². The molecule has 1 aromatic carbocycles. The fraction of sp³-hybridized carbons (Fsp3) is 0.500. The molecule has 2 bridgehead atoms. The molecule has 0 saturated heterocycles. The highest BCUT2D eigenvalue weighted by atomic mass is 16.6. The summed E-state index contributed by atoms with van der Waals surface area (Å²) in [6, 6.07) is 7.31. The Labute approximate surface area is 127 Å². The Morgan fingerprint density at radius 2 is 2.00 bits per heavy atom. The molecule has 112 valence electrons. The molecule has 3 aliphatic carbocycles. The lowest BCUT2D eigenvalue weighted by Crippen LogP contribution is -2.44. The van der Waals surface area contributed by atoms with Crippen molar-refractivity contribution in [2.75, 3.05) is 5.01 Å². The van der Waals surface area contributed by atoms with Gasteiger partial charge in [-0.2, -0.15) is 5.11 Å². The highest BCUT2D eigenvalue weighted by molar-refractivity contribution is 5.52. The predicted octanol–water partition coefficient (Wildman–Crippen LogP) is 3.36. The van der Waals surface area contributed by atoms with Gasteiger partial charge in [-0.15, -0.1) is 0 Å². The summed E-state index contributed by atoms with van der Waals surface area (Å²) in [4.78, 5) is 10.4. The number of hydrogen-bond acceptors (Lipinski definition) is 5. The molecule has 0 radical (unpaired) electrons. The number of nitro benzene ring substituents is 1. The van der Waals surface area contributed by atoms with E-state index in [0.29, 0.717) is 29.8 Å². The van der Waals surface area contributed by atoms with Crippen molar-refractivity contribution in [2.24, 2.45) is 34.0 Å². The van der Waals surface area contributed by atoms with Crippen molar-refractivity contribution in [1.29, 1.82) is 0 Å². The monoisotopic (exact) mass is 296 g/mol. The van der Waals surface area contributed by atoms with Crippen LogP contribution in [0.4, 0.5) is 11.4 Å². The second kappa shape index (κ2) is 4.15. The van der Waals surface area contributed by atoms with Gasteiger partial charge in [-0.3, -0.25) is 10.1 Å². The van der Waals surface area contributed by atoms with Crippen molar-refractivity contribution in [3.63, 3.8) is 0 Å². The van der Waals surface area contributed by atoms with E-state index in [0.717, 1.165) is 11.6 Å². The van der Waals surface area contributed by atoms with Crippen LogP contribution in [0.5, 0.6) is 0 Å². The summed E-state index contributed by atoms with van der Waals surface area (Å²) in [6.45, 7) is 0. The SMILES string of the molecule is O=[N+]([O-])c1ccc(N2N=N[C@@H]3[C@H]4C[C@@H]([C@@H]5CC=C[C@@H]54)[C@@H]32)cc1. The second-order valence-electron chi connectivity index (χ2n) is 6.77. The van der Waals surface area contributed by atoms with Gasteiger partial charge in [0.2, 0.25) is 0 Å². The third-order valence-electron chi connectivity index (χ3n) is 5.97. The quantitative estimate of drug-likeness (QED) is 0.477. The van der Waals surface area contributed by atoms with Crippen LogP contribution in [0, 0.1) is 33.8 Å². The topological polar surface area (TPSA) is 71.1 Å². The van der Waals surface area contributed by atoms with Gasteiger partial charge in [-0.05, 0) is 48.6 Å². The summed E-state index contributed by atoms with van der Waals surface area (Å²) < 4.78 is 0. The summed E-state index contributed by atoms with van der Waals surface area (Å²) in [7, 11) is 0. The fourth-order valence-electron chi connectivity index (χ4n) is 5.13. The molecule has 6 nitrogen and oxygen atoms in total. The first-order valence-electron chi connectivity index (χ1n) is 7.85. The van der Waals surface area contributed by atoms with Crippen LogP contribution in [0.1, 0.15) is 12.8 Å². The zero-order valence-corrected chi connectivity index (χ0v) is 11.9. The molecule has 1 aliphatic heterocycles. The van der Waals surface area contributed by atoms with Crippen LogP contribution in [0.3, 0.4) is 0 Å². The lowest BCUT2D eigenvalue weighted by atomic mass is 9.76. The van der Waals surface area contributed by atoms with E-state index in [1.807, 2.05) is 5.01 Å². The normalized spacial score (nSPS) is 40.3. The molecule has 0 spiro atoms. The molecule has 1 aromatic rings. The molecule has 2 saturated carbocycles. The largest absolute Gasteiger partial charge is 0.269 e. The van der Waals surface area contributed by atoms with Crippen molar-refractivity contribution in [3.8, 4) is 0 Å². The Balaban J connectivity index is 1.46. The third kappa shape index (κ3) is 1.44. The van der Waals surface area contributed by atoms with Crippen LogP contribution in [-0.4, -0.2) is 17.0 Å². The van der Waals surface area contributed by atoms with Gasteiger partial charge < -0.3 is 0 Å². The summed E-state index contributed by atoms with van der Waals surface area (Å²) in [6.07, 6.45) is 7.14. The van der Waals surface area contributed by atoms with E-state index in [1.165, 1.54) is 12.8 Å². The lowest BCUT2D eigenvalue weighted by Gasteiger charge is -2.35. The number of fused-ring (bicyclic) bond motifs is 8. The van der Waals surface area contributed by atoms with Gasteiger partial charge >= 0.3 is 0 Å². The number of nitrogens with zero attached hydrogens (tertiary/aromatic N) is 4. The fourth-order valence-corrected chi connectivity index (χ4v) is 5.13. The minimum absolute atomic E-state index is 0.115. The van der Waals surface area contributed by atoms with Crippen LogP contribution in [0.15, 0.2) is 46.8 Å². The van der Waals surface area contributed by atoms with Gasteiger partial charge in [-0.1, -0.05) is 17.4 Å². The predicted molar refractivity (Wildman–Crippen MR) is 80.3 cm³/mol. The number of allylic oxidation sites excluding steroid dienone is 2. The van der Waals surface area contributed by atoms with Crippen molar-refractivity contribution < 1.29 is 4.92 Å². The first-order chi connectivity index (χ1) is 10.7. The Kier molecular flexibility index (Phi) is 2.32. The van der Waals surface area contributed by atoms with E-state index in [1.54, 1.807) is 24.3 Å². The van der Waals surface area contributed by atoms with Crippen molar-refractivity contribution in [2.45, 2.75) is 24.9 Å². The van der Waals surface area contributed by atoms with E-state index in [9.17, 15) is 10.1 Å². The molecule has 22 heavy (non-hydrogen) atoms. The standard InChI is InChI=1S/C16H16N4O2/c21-20(22)10-6-4-9(5-7-10)19-16-14-8-13(15(16)17-18-19)11-2-1-3-12(11)14/h1-2,4-7,11-16H,3,8H2/t11-,12+,13-,14-,15+,16-/m0/s1. The second-order valence-corrected chi connectivity index (χ2v) is 6.77. The molecule has 0 N–H and O–H groups in total. The van der Waals surface area contributed by atoms with E-state index >= 15 is 0 Å². The van der Waals surface area contributed by atoms with Gasteiger partial charge in [-0.25, -0.2) is 5.01 Å². The van der Waals surface area contributed by atoms with Gasteiger partial charge in [0.25, 0.3) is 5.69 Å². The number of rotatable bonds is 2. The maximum absolute atomic E-state index is 10.8. The molecule has 0 amide bonds. The first-order valence-corrected chi connectivity index (χ1v) is 7.85. The maximum atomic E-state index is 10.8. The number of non-ortho nitro benzene ring substituents is 1. The molecule has 2 fully saturated rings. The Morgan fingerprint density at radius 1 is 1.18 bits per heavy atom. The zero-order chi connectivity index (χ0) is 14.8. The van der Waals surface area contributed by atoms with Crippen LogP contribution in [0.25, 0.3) is 0 Å². The number of nitro groups is 1. The highest BCUT2D eigenvalue weighted by Gasteiger charge is 2.61. The van der Waals surface area contributed by atoms with Gasteiger partial charge in [0.05, 0.1) is 22.7 Å². The van der Waals surface area contributed by atoms with Crippen molar-refractivity contribution in [3.05, 3.63) is 46.5 Å². The molecule has 1 heterocycles. The van der Waals surface area contributed by atoms with E-state index < -0.39 is 0 Å². The van der Waals surface area contributed by atoms with Crippen LogP contribution in [0.2, 0.25) is 0 Å². The van der Waals surface area contributed by atoms with Gasteiger partial charge in [0.15, 0.2) is 0 Å². The van der Waals surface area contributed by atoms with Gasteiger partial charge in [0, 0.05) is 12.1 Å². The molecular weight excluding hydrogens is 280 g/mol. The molecule has 6 atom stereocenters. The Morgan fingerprint density at radius 3 is 2.77 bits per heavy atom. The average Bonchev–Trinajstić information content (AvgIpc) is 3.25. The molecule has 6 heteroatoms. The third-order valence-corrected chi connectivity index (χ3v) is 5.97. The summed E-state index contributed by atoms with van der Waals surface area (Å²) in [5.74, 6) is 2.71. The van der Waals surface area contributed by atoms with Crippen molar-refractivity contribution >= 4 is 11.4 Å². The van der Waals surface area contributed by atoms with E-state index in [-0.39, 0.29) is 10.6 Å². The summed E-state index contributed by atoms with van der Waals surface area (Å²) in [5.41, 5.74) is 1.03. The van der Waals surface area contributed by atoms with Crippen LogP contribution < -0.4 is 5.01 Å². The summed E-state index contributed by atoms with van der Waals surface area (Å²) in [5, 5.41) is 21.7. The zero-order valence-electron chi connectivity index (χ0n) is 11.9. The number of anilines is 1. The minimum atomic E-state index is -0.371. The molecule has 0 unspecified atom stereocenters. The van der Waals surface area contributed by atoms with Crippen molar-refractivity contribution in [1.82, 2.24) is 0 Å². The molecular formula is C16H16N4O2. The number of benzene rings is 1. The number of hydrogen-bond donors (Lipinski definition) is 0. The van der Waals surface area contributed by atoms with Crippen LogP contribution in [-0.2, 0) is 0 Å². The maximum Gasteiger partial charge on any atom is 0.269 e.